The molecule has 106 valence electrons. The Morgan fingerprint density at radius 1 is 1.32 bits per heavy atom. The summed E-state index contributed by atoms with van der Waals surface area (Å²) in [6.45, 7) is 4.58. The SMILES string of the molecule is CCC(CNC)C(=O)c1ccc(OC)c(C)c1OC. The van der Waals surface area contributed by atoms with Gasteiger partial charge in [-0.05, 0) is 32.5 Å². The minimum atomic E-state index is -0.0355. The Bertz CT molecular complexity index is 443. The van der Waals surface area contributed by atoms with Gasteiger partial charge in [-0.15, -0.1) is 0 Å². The summed E-state index contributed by atoms with van der Waals surface area (Å²) in [5.41, 5.74) is 1.48. The van der Waals surface area contributed by atoms with Crippen LogP contribution in [0.25, 0.3) is 0 Å². The Balaban J connectivity index is 3.19. The largest absolute Gasteiger partial charge is 0.496 e. The number of ether oxygens (including phenoxy) is 2. The summed E-state index contributed by atoms with van der Waals surface area (Å²) in [4.78, 5) is 12.5. The predicted molar refractivity (Wildman–Crippen MR) is 76.3 cm³/mol. The molecule has 1 unspecified atom stereocenters. The summed E-state index contributed by atoms with van der Waals surface area (Å²) < 4.78 is 10.6. The van der Waals surface area contributed by atoms with E-state index in [1.54, 1.807) is 20.3 Å². The molecule has 0 saturated carbocycles. The molecule has 1 rings (SSSR count). The molecule has 0 spiro atoms. The van der Waals surface area contributed by atoms with Gasteiger partial charge < -0.3 is 14.8 Å². The van der Waals surface area contributed by atoms with Crippen LogP contribution in [0.15, 0.2) is 12.1 Å². The molecular weight excluding hydrogens is 242 g/mol. The number of rotatable bonds is 7. The molecule has 4 heteroatoms. The molecule has 0 aliphatic rings. The number of methoxy groups -OCH3 is 2. The second kappa shape index (κ2) is 7.14. The number of Topliss-reactive ketones (excluding diaryl/α,β-unsaturated/α-hetero) is 1. The molecule has 1 atom stereocenters. The molecule has 1 N–H and O–H groups in total. The molecule has 0 amide bonds. The third kappa shape index (κ3) is 3.26. The van der Waals surface area contributed by atoms with Gasteiger partial charge in [-0.3, -0.25) is 4.79 Å². The van der Waals surface area contributed by atoms with Crippen molar-refractivity contribution in [3.63, 3.8) is 0 Å². The first kappa shape index (κ1) is 15.5. The first-order valence-electron chi connectivity index (χ1n) is 6.51. The van der Waals surface area contributed by atoms with Gasteiger partial charge >= 0.3 is 0 Å². The Labute approximate surface area is 115 Å². The molecular formula is C15H23NO3. The zero-order chi connectivity index (χ0) is 14.4. The van der Waals surface area contributed by atoms with Crippen molar-refractivity contribution in [1.29, 1.82) is 0 Å². The monoisotopic (exact) mass is 265 g/mol. The highest BCUT2D eigenvalue weighted by molar-refractivity contribution is 6.01. The molecule has 19 heavy (non-hydrogen) atoms. The Morgan fingerprint density at radius 3 is 2.47 bits per heavy atom. The molecule has 4 nitrogen and oxygen atoms in total. The lowest BCUT2D eigenvalue weighted by molar-refractivity contribution is 0.0913. The standard InChI is InChI=1S/C15H23NO3/c1-6-11(9-16-3)14(17)12-7-8-13(18-4)10(2)15(12)19-5/h7-8,11,16H,6,9H2,1-5H3. The fraction of sp³-hybridized carbons (Fsp3) is 0.533. The van der Waals surface area contributed by atoms with Crippen molar-refractivity contribution in [2.24, 2.45) is 5.92 Å². The zero-order valence-corrected chi connectivity index (χ0v) is 12.4. The zero-order valence-electron chi connectivity index (χ0n) is 12.4. The van der Waals surface area contributed by atoms with Crippen LogP contribution in [0.4, 0.5) is 0 Å². The number of hydrogen-bond acceptors (Lipinski definition) is 4. The molecule has 0 aromatic heterocycles. The van der Waals surface area contributed by atoms with Crippen LogP contribution in [0.1, 0.15) is 29.3 Å². The van der Waals surface area contributed by atoms with Crippen LogP contribution in [0.5, 0.6) is 11.5 Å². The van der Waals surface area contributed by atoms with E-state index in [2.05, 4.69) is 5.32 Å². The predicted octanol–water partition coefficient (Wildman–Crippen LogP) is 2.44. The first-order chi connectivity index (χ1) is 9.10. The van der Waals surface area contributed by atoms with E-state index < -0.39 is 0 Å². The molecule has 0 saturated heterocycles. The van der Waals surface area contributed by atoms with Gasteiger partial charge in [0.05, 0.1) is 19.8 Å². The number of carbonyl (C=O) groups is 1. The van der Waals surface area contributed by atoms with E-state index in [4.69, 9.17) is 9.47 Å². The smallest absolute Gasteiger partial charge is 0.170 e. The van der Waals surface area contributed by atoms with Crippen molar-refractivity contribution in [2.45, 2.75) is 20.3 Å². The van der Waals surface area contributed by atoms with Gasteiger partial charge in [0.25, 0.3) is 0 Å². The average molecular weight is 265 g/mol. The molecule has 0 bridgehead atoms. The van der Waals surface area contributed by atoms with Crippen molar-refractivity contribution in [1.82, 2.24) is 5.32 Å². The normalized spacial score (nSPS) is 12.1. The summed E-state index contributed by atoms with van der Waals surface area (Å²) in [5, 5.41) is 3.06. The van der Waals surface area contributed by atoms with Crippen LogP contribution in [-0.4, -0.2) is 33.6 Å². The van der Waals surface area contributed by atoms with E-state index in [1.165, 1.54) is 0 Å². The highest BCUT2D eigenvalue weighted by Gasteiger charge is 2.23. The van der Waals surface area contributed by atoms with Crippen LogP contribution < -0.4 is 14.8 Å². The van der Waals surface area contributed by atoms with Crippen molar-refractivity contribution in [3.8, 4) is 11.5 Å². The van der Waals surface area contributed by atoms with Gasteiger partial charge in [0.2, 0.25) is 0 Å². The van der Waals surface area contributed by atoms with Gasteiger partial charge in [0, 0.05) is 18.0 Å². The number of benzene rings is 1. The number of hydrogen-bond donors (Lipinski definition) is 1. The summed E-state index contributed by atoms with van der Waals surface area (Å²) >= 11 is 0. The lowest BCUT2D eigenvalue weighted by atomic mass is 9.93. The van der Waals surface area contributed by atoms with Crippen LogP contribution in [0.2, 0.25) is 0 Å². The molecule has 1 aromatic rings. The van der Waals surface area contributed by atoms with Crippen LogP contribution in [-0.2, 0) is 0 Å². The van der Waals surface area contributed by atoms with Crippen LogP contribution in [0, 0.1) is 12.8 Å². The summed E-state index contributed by atoms with van der Waals surface area (Å²) in [6.07, 6.45) is 0.800. The molecule has 0 radical (unpaired) electrons. The number of nitrogens with one attached hydrogen (secondary N) is 1. The van der Waals surface area contributed by atoms with Gasteiger partial charge in [0.1, 0.15) is 11.5 Å². The highest BCUT2D eigenvalue weighted by atomic mass is 16.5. The maximum Gasteiger partial charge on any atom is 0.170 e. The van der Waals surface area contributed by atoms with Crippen LogP contribution in [0.3, 0.4) is 0 Å². The first-order valence-corrected chi connectivity index (χ1v) is 6.51. The van der Waals surface area contributed by atoms with Crippen LogP contribution >= 0.6 is 0 Å². The lowest BCUT2D eigenvalue weighted by Crippen LogP contribution is -2.26. The van der Waals surface area contributed by atoms with Crippen molar-refractivity contribution in [3.05, 3.63) is 23.3 Å². The van der Waals surface area contributed by atoms with E-state index in [0.717, 1.165) is 17.7 Å². The lowest BCUT2D eigenvalue weighted by Gasteiger charge is -2.18. The quantitative estimate of drug-likeness (QED) is 0.769. The fourth-order valence-electron chi connectivity index (χ4n) is 2.24. The van der Waals surface area contributed by atoms with E-state index in [1.807, 2.05) is 27.0 Å². The van der Waals surface area contributed by atoms with Gasteiger partial charge in [-0.2, -0.15) is 0 Å². The van der Waals surface area contributed by atoms with Gasteiger partial charge in [-0.1, -0.05) is 6.92 Å². The third-order valence-electron chi connectivity index (χ3n) is 3.36. The summed E-state index contributed by atoms with van der Waals surface area (Å²) in [7, 11) is 5.04. The summed E-state index contributed by atoms with van der Waals surface area (Å²) in [5.74, 6) is 1.42. The Hall–Kier alpha value is -1.55. The number of ketones is 1. The minimum Gasteiger partial charge on any atom is -0.496 e. The second-order valence-electron chi connectivity index (χ2n) is 4.50. The minimum absolute atomic E-state index is 0.0355. The molecule has 0 aliphatic carbocycles. The highest BCUT2D eigenvalue weighted by Crippen LogP contribution is 2.32. The van der Waals surface area contributed by atoms with Crippen molar-refractivity contribution in [2.75, 3.05) is 27.8 Å². The molecule has 1 aromatic carbocycles. The van der Waals surface area contributed by atoms with E-state index in [-0.39, 0.29) is 11.7 Å². The topological polar surface area (TPSA) is 47.6 Å². The van der Waals surface area contributed by atoms with Crippen molar-refractivity contribution >= 4 is 5.78 Å². The van der Waals surface area contributed by atoms with Gasteiger partial charge in [0.15, 0.2) is 5.78 Å². The van der Waals surface area contributed by atoms with E-state index >= 15 is 0 Å². The third-order valence-corrected chi connectivity index (χ3v) is 3.36. The van der Waals surface area contributed by atoms with E-state index in [9.17, 15) is 4.79 Å². The maximum absolute atomic E-state index is 12.5. The maximum atomic E-state index is 12.5. The Morgan fingerprint density at radius 2 is 2.00 bits per heavy atom. The second-order valence-corrected chi connectivity index (χ2v) is 4.50. The molecule has 0 aliphatic heterocycles. The Kier molecular flexibility index (Phi) is 5.83. The van der Waals surface area contributed by atoms with E-state index in [0.29, 0.717) is 17.9 Å². The molecule has 0 fully saturated rings. The van der Waals surface area contributed by atoms with Crippen molar-refractivity contribution < 1.29 is 14.3 Å². The average Bonchev–Trinajstić information content (AvgIpc) is 2.43. The number of carbonyl (C=O) groups excluding carboxylic acids is 1. The molecule has 0 heterocycles. The summed E-state index contributed by atoms with van der Waals surface area (Å²) in [6, 6.07) is 3.60. The fourth-order valence-corrected chi connectivity index (χ4v) is 2.24. The van der Waals surface area contributed by atoms with Gasteiger partial charge in [-0.25, -0.2) is 0 Å².